The van der Waals surface area contributed by atoms with Crippen LogP contribution in [-0.4, -0.2) is 36.8 Å². The van der Waals surface area contributed by atoms with Gasteiger partial charge in [0.25, 0.3) is 0 Å². The molecule has 0 unspecified atom stereocenters. The lowest BCUT2D eigenvalue weighted by molar-refractivity contribution is -0.120. The van der Waals surface area contributed by atoms with Crippen LogP contribution < -0.4 is 10.6 Å². The minimum absolute atomic E-state index is 0.103. The monoisotopic (exact) mass is 228 g/mol. The van der Waals surface area contributed by atoms with Gasteiger partial charge in [0.1, 0.15) is 0 Å². The predicted molar refractivity (Wildman–Crippen MR) is 64.1 cm³/mol. The summed E-state index contributed by atoms with van der Waals surface area (Å²) in [6.45, 7) is 3.60. The van der Waals surface area contributed by atoms with Crippen molar-refractivity contribution in [2.45, 2.75) is 45.1 Å². The highest BCUT2D eigenvalue weighted by Crippen LogP contribution is 2.23. The molecule has 1 amide bonds. The number of rotatable bonds is 6. The molecule has 1 rings (SSSR count). The summed E-state index contributed by atoms with van der Waals surface area (Å²) in [5, 5.41) is 15.4. The fourth-order valence-corrected chi connectivity index (χ4v) is 2.35. The summed E-state index contributed by atoms with van der Waals surface area (Å²) < 4.78 is 0. The molecule has 4 heteroatoms. The Morgan fingerprint density at radius 3 is 2.81 bits per heavy atom. The summed E-state index contributed by atoms with van der Waals surface area (Å²) in [6.07, 6.45) is 5.22. The zero-order valence-corrected chi connectivity index (χ0v) is 10.2. The molecule has 16 heavy (non-hydrogen) atoms. The van der Waals surface area contributed by atoms with Crippen LogP contribution in [0, 0.1) is 5.92 Å². The normalized spacial score (nSPS) is 25.4. The third-order valence-electron chi connectivity index (χ3n) is 3.28. The van der Waals surface area contributed by atoms with E-state index < -0.39 is 0 Å². The molecule has 94 valence electrons. The Hall–Kier alpha value is -0.610. The Bertz CT molecular complexity index is 209. The number of amides is 1. The number of aliphatic hydroxyl groups excluding tert-OH is 1. The maximum Gasteiger partial charge on any atom is 0.221 e. The van der Waals surface area contributed by atoms with E-state index in [1.54, 1.807) is 0 Å². The quantitative estimate of drug-likeness (QED) is 0.625. The third kappa shape index (κ3) is 4.49. The lowest BCUT2D eigenvalue weighted by Crippen LogP contribution is -2.41. The van der Waals surface area contributed by atoms with Crippen LogP contribution >= 0.6 is 0 Å². The number of carbonyl (C=O) groups excluding carboxylic acids is 1. The van der Waals surface area contributed by atoms with E-state index in [0.717, 1.165) is 12.8 Å². The summed E-state index contributed by atoms with van der Waals surface area (Å²) in [7, 11) is 0. The number of hydrogen-bond donors (Lipinski definition) is 3. The molecule has 1 aliphatic rings. The SMILES string of the molecule is CCNC(=O)CCN[C@H]1CCCC[C@H]1CO. The van der Waals surface area contributed by atoms with E-state index in [9.17, 15) is 9.90 Å². The number of nitrogens with one attached hydrogen (secondary N) is 2. The first-order valence-corrected chi connectivity index (χ1v) is 6.38. The Morgan fingerprint density at radius 2 is 2.12 bits per heavy atom. The molecule has 0 aromatic rings. The van der Waals surface area contributed by atoms with Crippen molar-refractivity contribution in [3.8, 4) is 0 Å². The zero-order valence-electron chi connectivity index (χ0n) is 10.2. The molecule has 0 bridgehead atoms. The molecule has 0 saturated heterocycles. The topological polar surface area (TPSA) is 61.4 Å². The highest BCUT2D eigenvalue weighted by molar-refractivity contribution is 5.75. The maximum absolute atomic E-state index is 11.2. The van der Waals surface area contributed by atoms with Crippen molar-refractivity contribution in [2.75, 3.05) is 19.7 Å². The van der Waals surface area contributed by atoms with Gasteiger partial charge < -0.3 is 15.7 Å². The summed E-state index contributed by atoms with van der Waals surface area (Å²) in [4.78, 5) is 11.2. The molecule has 0 heterocycles. The molecule has 1 fully saturated rings. The van der Waals surface area contributed by atoms with E-state index in [2.05, 4.69) is 10.6 Å². The van der Waals surface area contributed by atoms with Crippen molar-refractivity contribution >= 4 is 5.91 Å². The predicted octanol–water partition coefficient (Wildman–Crippen LogP) is 0.653. The van der Waals surface area contributed by atoms with Crippen LogP contribution in [0.5, 0.6) is 0 Å². The summed E-state index contributed by atoms with van der Waals surface area (Å²) in [6, 6.07) is 0.396. The summed E-state index contributed by atoms with van der Waals surface area (Å²) in [5.41, 5.74) is 0. The second kappa shape index (κ2) is 7.63. The van der Waals surface area contributed by atoms with Crippen LogP contribution in [-0.2, 0) is 4.79 Å². The van der Waals surface area contributed by atoms with E-state index in [-0.39, 0.29) is 12.5 Å². The highest BCUT2D eigenvalue weighted by atomic mass is 16.3. The second-order valence-corrected chi connectivity index (χ2v) is 4.49. The van der Waals surface area contributed by atoms with Crippen molar-refractivity contribution < 1.29 is 9.90 Å². The third-order valence-corrected chi connectivity index (χ3v) is 3.28. The fraction of sp³-hybridized carbons (Fsp3) is 0.917. The van der Waals surface area contributed by atoms with Gasteiger partial charge in [-0.3, -0.25) is 4.79 Å². The molecule has 0 aliphatic heterocycles. The van der Waals surface area contributed by atoms with Gasteiger partial charge in [-0.15, -0.1) is 0 Å². The van der Waals surface area contributed by atoms with Crippen LogP contribution in [0.3, 0.4) is 0 Å². The Labute approximate surface area is 97.8 Å². The van der Waals surface area contributed by atoms with Gasteiger partial charge in [0.15, 0.2) is 0 Å². The lowest BCUT2D eigenvalue weighted by Gasteiger charge is -2.31. The van der Waals surface area contributed by atoms with Crippen molar-refractivity contribution in [3.05, 3.63) is 0 Å². The minimum Gasteiger partial charge on any atom is -0.396 e. The minimum atomic E-state index is 0.103. The molecule has 2 atom stereocenters. The van der Waals surface area contributed by atoms with Crippen molar-refractivity contribution in [1.82, 2.24) is 10.6 Å². The molecule has 0 aromatic heterocycles. The molecule has 0 spiro atoms. The molecular weight excluding hydrogens is 204 g/mol. The Kier molecular flexibility index (Phi) is 6.42. The number of aliphatic hydroxyl groups is 1. The molecule has 4 nitrogen and oxygen atoms in total. The van der Waals surface area contributed by atoms with Crippen molar-refractivity contribution in [3.63, 3.8) is 0 Å². The van der Waals surface area contributed by atoms with Gasteiger partial charge in [-0.2, -0.15) is 0 Å². The van der Waals surface area contributed by atoms with Gasteiger partial charge in [0.05, 0.1) is 0 Å². The molecule has 3 N–H and O–H groups in total. The van der Waals surface area contributed by atoms with Gasteiger partial charge in [-0.1, -0.05) is 12.8 Å². The van der Waals surface area contributed by atoms with Crippen molar-refractivity contribution in [2.24, 2.45) is 5.92 Å². The Balaban J connectivity index is 2.17. The first kappa shape index (κ1) is 13.5. The molecule has 0 aromatic carbocycles. The van der Waals surface area contributed by atoms with Gasteiger partial charge in [-0.25, -0.2) is 0 Å². The van der Waals surface area contributed by atoms with Crippen LogP contribution in [0.4, 0.5) is 0 Å². The van der Waals surface area contributed by atoms with E-state index in [4.69, 9.17) is 0 Å². The molecular formula is C12H24N2O2. The highest BCUT2D eigenvalue weighted by Gasteiger charge is 2.23. The van der Waals surface area contributed by atoms with Crippen molar-refractivity contribution in [1.29, 1.82) is 0 Å². The van der Waals surface area contributed by atoms with Gasteiger partial charge in [0, 0.05) is 32.2 Å². The maximum atomic E-state index is 11.2. The van der Waals surface area contributed by atoms with E-state index in [1.165, 1.54) is 12.8 Å². The first-order chi connectivity index (χ1) is 7.77. The van der Waals surface area contributed by atoms with Gasteiger partial charge >= 0.3 is 0 Å². The average Bonchev–Trinajstić information content (AvgIpc) is 2.30. The first-order valence-electron chi connectivity index (χ1n) is 6.38. The standard InChI is InChI=1S/C12H24N2O2/c1-2-13-12(16)7-8-14-11-6-4-3-5-10(11)9-15/h10-11,14-15H,2-9H2,1H3,(H,13,16)/t10-,11-/m0/s1. The summed E-state index contributed by atoms with van der Waals surface area (Å²) >= 11 is 0. The molecule has 0 radical (unpaired) electrons. The largest absolute Gasteiger partial charge is 0.396 e. The fourth-order valence-electron chi connectivity index (χ4n) is 2.35. The smallest absolute Gasteiger partial charge is 0.221 e. The van der Waals surface area contributed by atoms with Gasteiger partial charge in [0.2, 0.25) is 5.91 Å². The van der Waals surface area contributed by atoms with E-state index >= 15 is 0 Å². The molecule has 1 aliphatic carbocycles. The zero-order chi connectivity index (χ0) is 11.8. The Morgan fingerprint density at radius 1 is 1.38 bits per heavy atom. The van der Waals surface area contributed by atoms with E-state index in [0.29, 0.717) is 31.5 Å². The second-order valence-electron chi connectivity index (χ2n) is 4.49. The number of carbonyl (C=O) groups is 1. The van der Waals surface area contributed by atoms with Crippen LogP contribution in [0.25, 0.3) is 0 Å². The average molecular weight is 228 g/mol. The van der Waals surface area contributed by atoms with Crippen LogP contribution in [0.2, 0.25) is 0 Å². The van der Waals surface area contributed by atoms with Crippen LogP contribution in [0.1, 0.15) is 39.0 Å². The van der Waals surface area contributed by atoms with Crippen LogP contribution in [0.15, 0.2) is 0 Å². The van der Waals surface area contributed by atoms with Gasteiger partial charge in [-0.05, 0) is 25.7 Å². The molecule has 1 saturated carbocycles. The summed E-state index contributed by atoms with van der Waals surface area (Å²) in [5.74, 6) is 0.481. The van der Waals surface area contributed by atoms with E-state index in [1.807, 2.05) is 6.92 Å². The number of hydrogen-bond acceptors (Lipinski definition) is 3. The lowest BCUT2D eigenvalue weighted by atomic mass is 9.85.